The highest BCUT2D eigenvalue weighted by Crippen LogP contribution is 2.19. The lowest BCUT2D eigenvalue weighted by Gasteiger charge is -2.16. The molecule has 0 bridgehead atoms. The number of hydrogen-bond acceptors (Lipinski definition) is 4. The zero-order chi connectivity index (χ0) is 12.9. The van der Waals surface area contributed by atoms with Gasteiger partial charge in [0.1, 0.15) is 5.82 Å². The molecule has 0 amide bonds. The number of carboxylic acids is 1. The van der Waals surface area contributed by atoms with Gasteiger partial charge in [-0.15, -0.1) is 5.10 Å². The Balaban J connectivity index is 2.43. The molecule has 94 valence electrons. The van der Waals surface area contributed by atoms with Crippen LogP contribution >= 0.6 is 0 Å². The molecular weight excluding hydrogens is 218 g/mol. The van der Waals surface area contributed by atoms with Crippen LogP contribution in [-0.2, 0) is 10.2 Å². The monoisotopic (exact) mass is 237 g/mol. The first kappa shape index (κ1) is 13.4. The van der Waals surface area contributed by atoms with Crippen molar-refractivity contribution < 1.29 is 9.90 Å². The van der Waals surface area contributed by atoms with E-state index >= 15 is 0 Å². The van der Waals surface area contributed by atoms with Gasteiger partial charge in [-0.3, -0.25) is 4.79 Å². The van der Waals surface area contributed by atoms with Gasteiger partial charge in [-0.25, -0.2) is 0 Å². The van der Waals surface area contributed by atoms with E-state index < -0.39 is 5.97 Å². The van der Waals surface area contributed by atoms with Gasteiger partial charge in [0.25, 0.3) is 0 Å². The number of nitrogens with one attached hydrogen (secondary N) is 1. The summed E-state index contributed by atoms with van der Waals surface area (Å²) in [5, 5.41) is 19.7. The molecule has 1 aromatic heterocycles. The van der Waals surface area contributed by atoms with E-state index in [4.69, 9.17) is 5.11 Å². The van der Waals surface area contributed by atoms with E-state index in [1.54, 1.807) is 0 Å². The van der Waals surface area contributed by atoms with E-state index in [1.807, 2.05) is 12.1 Å². The molecule has 2 N–H and O–H groups in total. The summed E-state index contributed by atoms with van der Waals surface area (Å²) < 4.78 is 0. The molecule has 0 aliphatic heterocycles. The summed E-state index contributed by atoms with van der Waals surface area (Å²) in [6, 6.07) is 3.81. The Morgan fingerprint density at radius 3 is 2.53 bits per heavy atom. The number of aromatic nitrogens is 2. The van der Waals surface area contributed by atoms with Crippen LogP contribution in [0.5, 0.6) is 0 Å². The van der Waals surface area contributed by atoms with Crippen molar-refractivity contribution in [2.75, 3.05) is 11.9 Å². The number of aliphatic carboxylic acids is 1. The van der Waals surface area contributed by atoms with Crippen LogP contribution in [0.25, 0.3) is 0 Å². The summed E-state index contributed by atoms with van der Waals surface area (Å²) in [6.07, 6.45) is 0.749. The molecule has 5 nitrogen and oxygen atoms in total. The van der Waals surface area contributed by atoms with Gasteiger partial charge in [-0.1, -0.05) is 20.8 Å². The Labute approximate surface area is 101 Å². The third kappa shape index (κ3) is 4.80. The van der Waals surface area contributed by atoms with Crippen molar-refractivity contribution in [3.8, 4) is 0 Å². The Morgan fingerprint density at radius 2 is 2.06 bits per heavy atom. The maximum Gasteiger partial charge on any atom is 0.303 e. The topological polar surface area (TPSA) is 75.1 Å². The molecule has 17 heavy (non-hydrogen) atoms. The maximum atomic E-state index is 10.3. The Kier molecular flexibility index (Phi) is 4.43. The predicted molar refractivity (Wildman–Crippen MR) is 66.1 cm³/mol. The van der Waals surface area contributed by atoms with Crippen molar-refractivity contribution in [2.24, 2.45) is 0 Å². The van der Waals surface area contributed by atoms with Gasteiger partial charge in [0.05, 0.1) is 5.69 Å². The molecule has 0 saturated heterocycles. The average Bonchev–Trinajstić information content (AvgIpc) is 2.23. The van der Waals surface area contributed by atoms with Gasteiger partial charge < -0.3 is 10.4 Å². The van der Waals surface area contributed by atoms with Gasteiger partial charge in [-0.05, 0) is 18.6 Å². The van der Waals surface area contributed by atoms with Gasteiger partial charge >= 0.3 is 5.97 Å². The summed E-state index contributed by atoms with van der Waals surface area (Å²) in [6.45, 7) is 6.83. The average molecular weight is 237 g/mol. The number of rotatable bonds is 5. The summed E-state index contributed by atoms with van der Waals surface area (Å²) >= 11 is 0. The standard InChI is InChI=1S/C12H19N3O2/c1-12(2,3)9-6-7-10(15-14-9)13-8-4-5-11(16)17/h6-7H,4-5,8H2,1-3H3,(H,13,15)(H,16,17). The highest BCUT2D eigenvalue weighted by atomic mass is 16.4. The number of carbonyl (C=O) groups is 1. The zero-order valence-corrected chi connectivity index (χ0v) is 10.5. The fourth-order valence-corrected chi connectivity index (χ4v) is 1.28. The first-order valence-corrected chi connectivity index (χ1v) is 5.69. The van der Waals surface area contributed by atoms with E-state index in [0.29, 0.717) is 18.8 Å². The molecular formula is C12H19N3O2. The van der Waals surface area contributed by atoms with Crippen LogP contribution < -0.4 is 5.32 Å². The van der Waals surface area contributed by atoms with E-state index in [9.17, 15) is 4.79 Å². The molecule has 0 aromatic carbocycles. The largest absolute Gasteiger partial charge is 0.481 e. The molecule has 1 rings (SSSR count). The summed E-state index contributed by atoms with van der Waals surface area (Å²) in [7, 11) is 0. The Morgan fingerprint density at radius 1 is 1.35 bits per heavy atom. The van der Waals surface area contributed by atoms with Crippen molar-refractivity contribution in [3.05, 3.63) is 17.8 Å². The van der Waals surface area contributed by atoms with Crippen LogP contribution in [0.2, 0.25) is 0 Å². The molecule has 5 heteroatoms. The first-order valence-electron chi connectivity index (χ1n) is 5.69. The molecule has 0 unspecified atom stereocenters. The molecule has 0 radical (unpaired) electrons. The van der Waals surface area contributed by atoms with Crippen LogP contribution in [0.15, 0.2) is 12.1 Å². The Bertz CT molecular complexity index is 368. The fourth-order valence-electron chi connectivity index (χ4n) is 1.28. The van der Waals surface area contributed by atoms with E-state index in [2.05, 4.69) is 36.3 Å². The fraction of sp³-hybridized carbons (Fsp3) is 0.583. The number of nitrogens with zero attached hydrogens (tertiary/aromatic N) is 2. The van der Waals surface area contributed by atoms with E-state index in [0.717, 1.165) is 5.69 Å². The van der Waals surface area contributed by atoms with Crippen molar-refractivity contribution in [1.82, 2.24) is 10.2 Å². The number of anilines is 1. The highest BCUT2D eigenvalue weighted by molar-refractivity contribution is 5.66. The predicted octanol–water partition coefficient (Wildman–Crippen LogP) is 2.05. The van der Waals surface area contributed by atoms with Gasteiger partial charge in [-0.2, -0.15) is 5.10 Å². The van der Waals surface area contributed by atoms with Crippen molar-refractivity contribution >= 4 is 11.8 Å². The minimum atomic E-state index is -0.777. The van der Waals surface area contributed by atoms with Crippen LogP contribution in [-0.4, -0.2) is 27.8 Å². The summed E-state index contributed by atoms with van der Waals surface area (Å²) in [5.41, 5.74) is 0.933. The lowest BCUT2D eigenvalue weighted by Crippen LogP contribution is -2.15. The third-order valence-electron chi connectivity index (χ3n) is 2.31. The maximum absolute atomic E-state index is 10.3. The molecule has 0 saturated carbocycles. The minimum absolute atomic E-state index is 0.00512. The third-order valence-corrected chi connectivity index (χ3v) is 2.31. The summed E-state index contributed by atoms with van der Waals surface area (Å²) in [4.78, 5) is 10.3. The molecule has 1 heterocycles. The highest BCUT2D eigenvalue weighted by Gasteiger charge is 2.15. The van der Waals surface area contributed by atoms with Crippen molar-refractivity contribution in [3.63, 3.8) is 0 Å². The zero-order valence-electron chi connectivity index (χ0n) is 10.5. The van der Waals surface area contributed by atoms with Crippen LogP contribution in [0.1, 0.15) is 39.3 Å². The normalized spacial score (nSPS) is 11.2. The lowest BCUT2D eigenvalue weighted by atomic mass is 9.92. The molecule has 1 aromatic rings. The van der Waals surface area contributed by atoms with Gasteiger partial charge in [0.15, 0.2) is 0 Å². The Hall–Kier alpha value is -1.65. The molecule has 0 fully saturated rings. The summed E-state index contributed by atoms with van der Waals surface area (Å²) in [5.74, 6) is -0.0932. The molecule has 0 aliphatic carbocycles. The first-order chi connectivity index (χ1) is 7.89. The van der Waals surface area contributed by atoms with Crippen LogP contribution in [0.3, 0.4) is 0 Å². The van der Waals surface area contributed by atoms with Crippen LogP contribution in [0.4, 0.5) is 5.82 Å². The second-order valence-electron chi connectivity index (χ2n) is 4.98. The SMILES string of the molecule is CC(C)(C)c1ccc(NCCCC(=O)O)nn1. The number of carboxylic acid groups (broad SMARTS) is 1. The van der Waals surface area contributed by atoms with Gasteiger partial charge in [0, 0.05) is 18.4 Å². The van der Waals surface area contributed by atoms with Gasteiger partial charge in [0.2, 0.25) is 0 Å². The minimum Gasteiger partial charge on any atom is -0.481 e. The second-order valence-corrected chi connectivity index (χ2v) is 4.98. The van der Waals surface area contributed by atoms with E-state index in [-0.39, 0.29) is 11.8 Å². The van der Waals surface area contributed by atoms with Crippen LogP contribution in [0, 0.1) is 0 Å². The second kappa shape index (κ2) is 5.61. The number of hydrogen-bond donors (Lipinski definition) is 2. The molecule has 0 spiro atoms. The lowest BCUT2D eigenvalue weighted by molar-refractivity contribution is -0.137. The van der Waals surface area contributed by atoms with Crippen molar-refractivity contribution in [1.29, 1.82) is 0 Å². The van der Waals surface area contributed by atoms with E-state index in [1.165, 1.54) is 0 Å². The molecule has 0 aliphatic rings. The molecule has 0 atom stereocenters. The van der Waals surface area contributed by atoms with Crippen molar-refractivity contribution in [2.45, 2.75) is 39.0 Å². The quantitative estimate of drug-likeness (QED) is 0.766. The smallest absolute Gasteiger partial charge is 0.303 e.